The molecule has 0 aliphatic heterocycles. The number of esters is 1. The molecule has 130 valence electrons. The minimum absolute atomic E-state index is 0.112. The Bertz CT molecular complexity index is 889. The van der Waals surface area contributed by atoms with Gasteiger partial charge in [-0.15, -0.1) is 0 Å². The molecule has 5 nitrogen and oxygen atoms in total. The molecule has 0 spiro atoms. The lowest BCUT2D eigenvalue weighted by atomic mass is 10.1. The molecule has 1 heterocycles. The number of nitriles is 1. The van der Waals surface area contributed by atoms with Crippen molar-refractivity contribution < 1.29 is 9.53 Å². The van der Waals surface area contributed by atoms with Gasteiger partial charge in [0, 0.05) is 5.56 Å². The third-order valence-electron chi connectivity index (χ3n) is 3.61. The Kier molecular flexibility index (Phi) is 5.66. The molecule has 0 saturated heterocycles. The summed E-state index contributed by atoms with van der Waals surface area (Å²) in [5, 5.41) is 14.1. The maximum atomic E-state index is 12.0. The first kappa shape index (κ1) is 18.8. The molecule has 0 unspecified atom stereocenters. The molecule has 1 aromatic carbocycles. The highest BCUT2D eigenvalue weighted by molar-refractivity contribution is 6.31. The maximum Gasteiger partial charge on any atom is 0.349 e. The number of nitrogens with zero attached hydrogens (tertiary/aromatic N) is 3. The molecule has 0 amide bonds. The summed E-state index contributed by atoms with van der Waals surface area (Å²) in [7, 11) is 0. The van der Waals surface area contributed by atoms with Gasteiger partial charge < -0.3 is 4.74 Å². The summed E-state index contributed by atoms with van der Waals surface area (Å²) in [5.41, 5.74) is 4.00. The summed E-state index contributed by atoms with van der Waals surface area (Å²) in [4.78, 5) is 12.0. The molecule has 2 aromatic rings. The van der Waals surface area contributed by atoms with Crippen LogP contribution in [0.4, 0.5) is 0 Å². The van der Waals surface area contributed by atoms with Gasteiger partial charge in [0.2, 0.25) is 0 Å². The number of halogens is 1. The largest absolute Gasteiger partial charge is 0.459 e. The zero-order valence-electron chi connectivity index (χ0n) is 14.9. The first-order valence-corrected chi connectivity index (χ1v) is 8.28. The van der Waals surface area contributed by atoms with Crippen LogP contribution in [0, 0.1) is 32.1 Å². The number of hydrogen-bond acceptors (Lipinski definition) is 4. The summed E-state index contributed by atoms with van der Waals surface area (Å²) in [6.07, 6.45) is 1.12. The molecule has 25 heavy (non-hydrogen) atoms. The fourth-order valence-electron chi connectivity index (χ4n) is 2.34. The Hall–Kier alpha value is -2.58. The first-order chi connectivity index (χ1) is 11.7. The molecule has 0 atom stereocenters. The smallest absolute Gasteiger partial charge is 0.349 e. The van der Waals surface area contributed by atoms with Crippen LogP contribution in [-0.4, -0.2) is 21.9 Å². The van der Waals surface area contributed by atoms with Crippen LogP contribution in [0.15, 0.2) is 23.8 Å². The Morgan fingerprint density at radius 1 is 1.36 bits per heavy atom. The van der Waals surface area contributed by atoms with Crippen LogP contribution in [0.5, 0.6) is 0 Å². The number of aryl methyl sites for hydroxylation is 3. The Morgan fingerprint density at radius 2 is 2.04 bits per heavy atom. The topological polar surface area (TPSA) is 67.9 Å². The summed E-state index contributed by atoms with van der Waals surface area (Å²) in [6.45, 7) is 9.19. The molecule has 0 N–H and O–H groups in total. The van der Waals surface area contributed by atoms with E-state index < -0.39 is 5.97 Å². The van der Waals surface area contributed by atoms with Gasteiger partial charge >= 0.3 is 5.97 Å². The second-order valence-corrected chi connectivity index (χ2v) is 6.47. The fourth-order valence-corrected chi connectivity index (χ4v) is 2.66. The van der Waals surface area contributed by atoms with Crippen molar-refractivity contribution in [2.45, 2.75) is 40.7 Å². The van der Waals surface area contributed by atoms with Gasteiger partial charge in [0.05, 0.1) is 17.5 Å². The third kappa shape index (κ3) is 4.09. The molecule has 0 bridgehead atoms. The predicted octanol–water partition coefficient (Wildman–Crippen LogP) is 4.31. The molecule has 2 rings (SSSR count). The van der Waals surface area contributed by atoms with Gasteiger partial charge in [-0.3, -0.25) is 0 Å². The first-order valence-electron chi connectivity index (χ1n) is 7.90. The van der Waals surface area contributed by atoms with Gasteiger partial charge in [-0.2, -0.15) is 10.4 Å². The number of carbonyl (C=O) groups is 1. The summed E-state index contributed by atoms with van der Waals surface area (Å²) < 4.78 is 6.70. The molecule has 1 aromatic heterocycles. The quantitative estimate of drug-likeness (QED) is 0.464. The Balaban J connectivity index is 2.53. The van der Waals surface area contributed by atoms with Gasteiger partial charge in [-0.1, -0.05) is 23.7 Å². The van der Waals surface area contributed by atoms with Gasteiger partial charge in [-0.05, 0) is 57.9 Å². The van der Waals surface area contributed by atoms with E-state index in [-0.39, 0.29) is 11.7 Å². The van der Waals surface area contributed by atoms with Crippen molar-refractivity contribution in [1.29, 1.82) is 5.26 Å². The van der Waals surface area contributed by atoms with E-state index in [1.807, 2.05) is 38.1 Å². The molecular weight excluding hydrogens is 338 g/mol. The molecular formula is C19H20ClN3O2. The van der Waals surface area contributed by atoms with E-state index in [4.69, 9.17) is 16.3 Å². The highest BCUT2D eigenvalue weighted by Gasteiger charge is 2.18. The van der Waals surface area contributed by atoms with E-state index in [1.54, 1.807) is 25.5 Å². The number of hydrogen-bond donors (Lipinski definition) is 0. The van der Waals surface area contributed by atoms with Crippen molar-refractivity contribution in [3.05, 3.63) is 51.3 Å². The number of ether oxygens (including phenoxy) is 1. The molecule has 0 aliphatic carbocycles. The number of benzene rings is 1. The summed E-state index contributed by atoms with van der Waals surface area (Å²) in [6, 6.07) is 7.86. The van der Waals surface area contributed by atoms with Crippen LogP contribution in [-0.2, 0) is 9.53 Å². The van der Waals surface area contributed by atoms with E-state index in [9.17, 15) is 10.1 Å². The van der Waals surface area contributed by atoms with Gasteiger partial charge in [0.25, 0.3) is 0 Å². The average Bonchev–Trinajstić information content (AvgIpc) is 2.81. The number of rotatable bonds is 4. The maximum absolute atomic E-state index is 12.0. The Labute approximate surface area is 152 Å². The van der Waals surface area contributed by atoms with E-state index in [0.717, 1.165) is 16.8 Å². The van der Waals surface area contributed by atoms with Crippen LogP contribution < -0.4 is 0 Å². The minimum Gasteiger partial charge on any atom is -0.459 e. The van der Waals surface area contributed by atoms with Crippen molar-refractivity contribution in [2.75, 3.05) is 0 Å². The van der Waals surface area contributed by atoms with Crippen LogP contribution in [0.3, 0.4) is 0 Å². The van der Waals surface area contributed by atoms with Crippen molar-refractivity contribution in [3.63, 3.8) is 0 Å². The molecule has 6 heteroatoms. The zero-order chi connectivity index (χ0) is 18.7. The van der Waals surface area contributed by atoms with Crippen molar-refractivity contribution in [3.8, 4) is 11.8 Å². The second-order valence-electron chi connectivity index (χ2n) is 6.12. The highest BCUT2D eigenvalue weighted by atomic mass is 35.5. The monoisotopic (exact) mass is 357 g/mol. The van der Waals surface area contributed by atoms with Crippen LogP contribution in [0.1, 0.15) is 36.2 Å². The fraction of sp³-hybridized carbons (Fsp3) is 0.316. The van der Waals surface area contributed by atoms with E-state index in [1.165, 1.54) is 6.08 Å². The van der Waals surface area contributed by atoms with E-state index in [0.29, 0.717) is 16.4 Å². The lowest BCUT2D eigenvalue weighted by Gasteiger charge is -2.08. The van der Waals surface area contributed by atoms with Crippen LogP contribution in [0.2, 0.25) is 5.15 Å². The molecule has 0 saturated carbocycles. The summed E-state index contributed by atoms with van der Waals surface area (Å²) >= 11 is 6.49. The minimum atomic E-state index is -0.674. The number of aromatic nitrogens is 2. The van der Waals surface area contributed by atoms with Crippen LogP contribution >= 0.6 is 11.6 Å². The zero-order valence-corrected chi connectivity index (χ0v) is 15.7. The van der Waals surface area contributed by atoms with Gasteiger partial charge in [0.1, 0.15) is 16.8 Å². The van der Waals surface area contributed by atoms with Gasteiger partial charge in [-0.25, -0.2) is 9.48 Å². The standard InChI is InChI=1S/C19H20ClN3O2/c1-11(2)25-19(24)15(10-21)9-16-14(5)22-23(18(16)20)17-8-12(3)6-7-13(17)4/h6-9,11H,1-5H3/b15-9+. The van der Waals surface area contributed by atoms with Crippen molar-refractivity contribution in [1.82, 2.24) is 9.78 Å². The molecule has 0 aliphatic rings. The summed E-state index contributed by atoms with van der Waals surface area (Å²) in [5.74, 6) is -0.674. The highest BCUT2D eigenvalue weighted by Crippen LogP contribution is 2.27. The van der Waals surface area contributed by atoms with E-state index >= 15 is 0 Å². The Morgan fingerprint density at radius 3 is 2.64 bits per heavy atom. The van der Waals surface area contributed by atoms with Crippen LogP contribution in [0.25, 0.3) is 11.8 Å². The molecule has 0 radical (unpaired) electrons. The lowest BCUT2D eigenvalue weighted by Crippen LogP contribution is -2.12. The number of carbonyl (C=O) groups excluding carboxylic acids is 1. The predicted molar refractivity (Wildman–Crippen MR) is 97.6 cm³/mol. The van der Waals surface area contributed by atoms with Crippen molar-refractivity contribution >= 4 is 23.6 Å². The van der Waals surface area contributed by atoms with Crippen molar-refractivity contribution in [2.24, 2.45) is 0 Å². The lowest BCUT2D eigenvalue weighted by molar-refractivity contribution is -0.142. The normalized spacial score (nSPS) is 11.5. The van der Waals surface area contributed by atoms with E-state index in [2.05, 4.69) is 5.10 Å². The SMILES string of the molecule is Cc1ccc(C)c(-n2nc(C)c(/C=C(\C#N)C(=O)OC(C)C)c2Cl)c1. The second kappa shape index (κ2) is 7.54. The molecule has 0 fully saturated rings. The van der Waals surface area contributed by atoms with Gasteiger partial charge in [0.15, 0.2) is 0 Å². The third-order valence-corrected chi connectivity index (χ3v) is 3.98. The average molecular weight is 358 g/mol.